The minimum absolute atomic E-state index is 0.00657. The molecule has 0 saturated carbocycles. The first kappa shape index (κ1) is 48.4. The molecule has 1 saturated heterocycles. The molecule has 0 aromatic heterocycles. The number of nitrogens with one attached hydrogen (secondary N) is 1. The Morgan fingerprint density at radius 1 is 0.909 bits per heavy atom. The summed E-state index contributed by atoms with van der Waals surface area (Å²) in [5.41, 5.74) is -2.75. The van der Waals surface area contributed by atoms with Crippen molar-refractivity contribution in [3.8, 4) is 5.75 Å². The van der Waals surface area contributed by atoms with Gasteiger partial charge in [0, 0.05) is 32.3 Å². The van der Waals surface area contributed by atoms with Gasteiger partial charge in [-0.2, -0.15) is 0 Å². The van der Waals surface area contributed by atoms with Gasteiger partial charge in [0.05, 0.1) is 19.1 Å². The summed E-state index contributed by atoms with van der Waals surface area (Å²) in [5.74, 6) is -4.99. The van der Waals surface area contributed by atoms with E-state index in [1.807, 2.05) is 0 Å². The maximum Gasteiger partial charge on any atom is 0.339 e. The largest absolute Gasteiger partial charge is 0.508 e. The highest BCUT2D eigenvalue weighted by molar-refractivity contribution is 6.74. The van der Waals surface area contributed by atoms with Crippen LogP contribution in [0, 0.1) is 5.92 Å². The van der Waals surface area contributed by atoms with Crippen molar-refractivity contribution in [3.63, 3.8) is 0 Å². The number of aliphatic carboxylic acids is 1. The van der Waals surface area contributed by atoms with Crippen LogP contribution < -0.4 is 5.32 Å². The van der Waals surface area contributed by atoms with Gasteiger partial charge in [-0.25, -0.2) is 9.59 Å². The maximum absolute atomic E-state index is 14.1. The predicted octanol–water partition coefficient (Wildman–Crippen LogP) is 8.61. The lowest BCUT2D eigenvalue weighted by Gasteiger charge is -2.38. The van der Waals surface area contributed by atoms with E-state index in [1.165, 1.54) is 43.9 Å². The molecule has 1 heterocycles. The molecular formula is C43H73NO10Si. The SMILES string of the molecule is CCCCCCCC1(CCCCCC/C=C/[C@H](C(=O)N[C@@H](Cc2ccc(O)cc2)C(=O)O)C(O)(CCO[Si](C)(C)C(C)(C)C)C(=O)OC(C)(C)C)OCCO1. The molecule has 0 bridgehead atoms. The molecule has 1 fully saturated rings. The Hall–Kier alpha value is -2.77. The quantitative estimate of drug-likeness (QED) is 0.0327. The average Bonchev–Trinajstić information content (AvgIpc) is 3.55. The molecule has 1 unspecified atom stereocenters. The fraction of sp³-hybridized carbons (Fsp3) is 0.744. The number of benzene rings is 1. The minimum atomic E-state index is -2.36. The Kier molecular flexibility index (Phi) is 19.6. The van der Waals surface area contributed by atoms with Crippen molar-refractivity contribution < 1.29 is 48.3 Å². The predicted molar refractivity (Wildman–Crippen MR) is 218 cm³/mol. The number of carbonyl (C=O) groups excluding carboxylic acids is 2. The van der Waals surface area contributed by atoms with Gasteiger partial charge in [0.15, 0.2) is 19.7 Å². The molecule has 4 N–H and O–H groups in total. The molecule has 1 amide bonds. The fourth-order valence-electron chi connectivity index (χ4n) is 6.37. The van der Waals surface area contributed by atoms with Crippen molar-refractivity contribution in [3.05, 3.63) is 42.0 Å². The van der Waals surface area contributed by atoms with Crippen LogP contribution in [0.2, 0.25) is 18.1 Å². The number of allylic oxidation sites excluding steroid dienone is 1. The van der Waals surface area contributed by atoms with E-state index in [9.17, 15) is 29.7 Å². The van der Waals surface area contributed by atoms with E-state index in [4.69, 9.17) is 18.6 Å². The maximum atomic E-state index is 14.1. The molecule has 0 spiro atoms. The van der Waals surface area contributed by atoms with E-state index in [0.717, 1.165) is 44.9 Å². The Morgan fingerprint density at radius 2 is 1.47 bits per heavy atom. The summed E-state index contributed by atoms with van der Waals surface area (Å²) in [7, 11) is -2.30. The molecule has 314 valence electrons. The number of carboxylic acid groups (broad SMARTS) is 1. The number of hydrogen-bond acceptors (Lipinski definition) is 9. The summed E-state index contributed by atoms with van der Waals surface area (Å²) in [6.07, 6.45) is 15.0. The van der Waals surface area contributed by atoms with Crippen LogP contribution in [-0.2, 0) is 39.4 Å². The van der Waals surface area contributed by atoms with Gasteiger partial charge in [0.25, 0.3) is 0 Å². The summed E-state index contributed by atoms with van der Waals surface area (Å²) in [5, 5.41) is 34.5. The number of phenols is 1. The zero-order valence-corrected chi connectivity index (χ0v) is 36.3. The molecular weight excluding hydrogens is 719 g/mol. The molecule has 55 heavy (non-hydrogen) atoms. The second-order valence-electron chi connectivity index (χ2n) is 17.7. The van der Waals surface area contributed by atoms with E-state index in [0.29, 0.717) is 25.2 Å². The summed E-state index contributed by atoms with van der Waals surface area (Å²) in [6, 6.07) is 4.66. The molecule has 1 aliphatic rings. The molecule has 1 aromatic carbocycles. The molecule has 2 rings (SSSR count). The lowest BCUT2D eigenvalue weighted by atomic mass is 9.82. The summed E-state index contributed by atoms with van der Waals surface area (Å²) in [4.78, 5) is 40.4. The van der Waals surface area contributed by atoms with Crippen LogP contribution in [-0.4, -0.2) is 84.3 Å². The van der Waals surface area contributed by atoms with Crippen LogP contribution >= 0.6 is 0 Å². The number of amides is 1. The first-order valence-electron chi connectivity index (χ1n) is 20.5. The highest BCUT2D eigenvalue weighted by Gasteiger charge is 2.50. The number of phenolic OH excluding ortho intramolecular Hbond substituents is 1. The van der Waals surface area contributed by atoms with Gasteiger partial charge in [0.1, 0.15) is 17.4 Å². The molecule has 1 aromatic rings. The van der Waals surface area contributed by atoms with Gasteiger partial charge in [0.2, 0.25) is 5.91 Å². The summed E-state index contributed by atoms with van der Waals surface area (Å²) >= 11 is 0. The highest BCUT2D eigenvalue weighted by Crippen LogP contribution is 2.38. The van der Waals surface area contributed by atoms with Crippen molar-refractivity contribution in [2.24, 2.45) is 5.92 Å². The number of esters is 1. The topological polar surface area (TPSA) is 161 Å². The van der Waals surface area contributed by atoms with Crippen LogP contribution in [0.3, 0.4) is 0 Å². The minimum Gasteiger partial charge on any atom is -0.508 e. The first-order valence-corrected chi connectivity index (χ1v) is 23.4. The number of aromatic hydroxyl groups is 1. The van der Waals surface area contributed by atoms with E-state index >= 15 is 0 Å². The van der Waals surface area contributed by atoms with Crippen molar-refractivity contribution in [1.29, 1.82) is 0 Å². The molecule has 11 nitrogen and oxygen atoms in total. The van der Waals surface area contributed by atoms with Gasteiger partial charge in [-0.1, -0.05) is 90.5 Å². The third-order valence-corrected chi connectivity index (χ3v) is 15.3. The third-order valence-electron chi connectivity index (χ3n) is 10.8. The van der Waals surface area contributed by atoms with Crippen LogP contribution in [0.5, 0.6) is 5.75 Å². The monoisotopic (exact) mass is 792 g/mol. The normalized spacial score (nSPS) is 17.1. The van der Waals surface area contributed by atoms with E-state index in [1.54, 1.807) is 39.0 Å². The third kappa shape index (κ3) is 16.7. The smallest absolute Gasteiger partial charge is 0.339 e. The van der Waals surface area contributed by atoms with Crippen molar-refractivity contribution >= 4 is 26.2 Å². The highest BCUT2D eigenvalue weighted by atomic mass is 28.4. The molecule has 0 radical (unpaired) electrons. The van der Waals surface area contributed by atoms with Gasteiger partial charge in [-0.3, -0.25) is 4.79 Å². The van der Waals surface area contributed by atoms with Gasteiger partial charge >= 0.3 is 11.9 Å². The fourth-order valence-corrected chi connectivity index (χ4v) is 7.42. The van der Waals surface area contributed by atoms with Crippen molar-refractivity contribution in [2.75, 3.05) is 19.8 Å². The Bertz CT molecular complexity index is 1340. The van der Waals surface area contributed by atoms with Crippen LogP contribution in [0.4, 0.5) is 0 Å². The van der Waals surface area contributed by atoms with Crippen LogP contribution in [0.25, 0.3) is 0 Å². The van der Waals surface area contributed by atoms with Gasteiger partial charge in [-0.05, 0) is 82.3 Å². The average molecular weight is 792 g/mol. The zero-order valence-electron chi connectivity index (χ0n) is 35.3. The number of carboxylic acids is 1. The second kappa shape index (κ2) is 22.2. The molecule has 0 aliphatic carbocycles. The van der Waals surface area contributed by atoms with Crippen LogP contribution in [0.15, 0.2) is 36.4 Å². The zero-order chi connectivity index (χ0) is 41.3. The Morgan fingerprint density at radius 3 is 2.00 bits per heavy atom. The second-order valence-corrected chi connectivity index (χ2v) is 22.5. The van der Waals surface area contributed by atoms with Gasteiger partial charge < -0.3 is 39.3 Å². The number of carbonyl (C=O) groups is 3. The summed E-state index contributed by atoms with van der Waals surface area (Å²) in [6.45, 7) is 18.9. The number of unbranched alkanes of at least 4 members (excludes halogenated alkanes) is 8. The van der Waals surface area contributed by atoms with E-state index in [2.05, 4.69) is 46.1 Å². The van der Waals surface area contributed by atoms with Crippen LogP contribution in [0.1, 0.15) is 138 Å². The lowest BCUT2D eigenvalue weighted by molar-refractivity contribution is -0.185. The number of hydrogen-bond donors (Lipinski definition) is 4. The number of rotatable bonds is 25. The van der Waals surface area contributed by atoms with E-state index < -0.39 is 55.1 Å². The number of ether oxygens (including phenoxy) is 3. The molecule has 12 heteroatoms. The van der Waals surface area contributed by atoms with E-state index in [-0.39, 0.29) is 30.2 Å². The standard InChI is InChI=1S/C43H73NO10Si/c1-10-11-12-16-19-26-42(51-30-31-52-42)27-20-17-14-13-15-18-21-35(37(46)44-36(38(47)48)32-33-22-24-34(45)25-23-33)43(50,39(49)54-40(2,3)4)28-29-53-55(8,9)41(5,6)7/h18,21-25,35-36,45,50H,10-17,19-20,26-32H2,1-9H3,(H,44,46)(H,47,48)/b21-18+/t35-,36+,43?/m1/s1. The molecule has 1 aliphatic heterocycles. The first-order chi connectivity index (χ1) is 25.6. The lowest BCUT2D eigenvalue weighted by Crippen LogP contribution is -2.56. The number of aliphatic hydroxyl groups is 1. The van der Waals surface area contributed by atoms with Gasteiger partial charge in [-0.15, -0.1) is 0 Å². The van der Waals surface area contributed by atoms with Crippen molar-refractivity contribution in [2.45, 2.75) is 180 Å². The van der Waals surface area contributed by atoms with Crippen molar-refractivity contribution in [1.82, 2.24) is 5.32 Å². The Labute approximate surface area is 332 Å². The Balaban J connectivity index is 2.24. The molecule has 3 atom stereocenters. The summed E-state index contributed by atoms with van der Waals surface area (Å²) < 4.78 is 24.2.